The van der Waals surface area contributed by atoms with Crippen LogP contribution in [0, 0.1) is 0 Å². The van der Waals surface area contributed by atoms with E-state index in [-0.39, 0.29) is 6.54 Å². The van der Waals surface area contributed by atoms with Crippen molar-refractivity contribution >= 4 is 5.97 Å². The molecule has 84 valence electrons. The van der Waals surface area contributed by atoms with Crippen LogP contribution in [0.1, 0.15) is 27.2 Å². The maximum atomic E-state index is 10.6. The number of aliphatic carboxylic acids is 1. The van der Waals surface area contributed by atoms with Crippen molar-refractivity contribution in [3.63, 3.8) is 0 Å². The van der Waals surface area contributed by atoms with Crippen LogP contribution < -0.4 is 0 Å². The first-order valence-corrected chi connectivity index (χ1v) is 5.15. The Hall–Kier alpha value is -0.610. The van der Waals surface area contributed by atoms with Crippen LogP contribution in [0.3, 0.4) is 0 Å². The molecule has 4 heteroatoms. The Bertz CT molecular complexity index is 161. The highest BCUT2D eigenvalue weighted by atomic mass is 16.5. The van der Waals surface area contributed by atoms with Crippen LogP contribution in [0.25, 0.3) is 0 Å². The zero-order chi connectivity index (χ0) is 11.0. The standard InChI is InChI=1S/C10H21NO3/c1-4-9(3)11(8-10(12)13)6-7-14-5-2/h9H,4-8H2,1-3H3,(H,12,13). The minimum Gasteiger partial charge on any atom is -0.480 e. The highest BCUT2D eigenvalue weighted by molar-refractivity contribution is 5.69. The van der Waals surface area contributed by atoms with Gasteiger partial charge >= 0.3 is 5.97 Å². The predicted octanol–water partition coefficient (Wildman–Crippen LogP) is 1.21. The van der Waals surface area contributed by atoms with Gasteiger partial charge in [-0.2, -0.15) is 0 Å². The van der Waals surface area contributed by atoms with E-state index in [4.69, 9.17) is 9.84 Å². The average Bonchev–Trinajstić information content (AvgIpc) is 2.15. The van der Waals surface area contributed by atoms with Crippen LogP contribution in [0.5, 0.6) is 0 Å². The molecule has 4 nitrogen and oxygen atoms in total. The minimum absolute atomic E-state index is 0.0993. The second-order valence-corrected chi connectivity index (χ2v) is 3.32. The van der Waals surface area contributed by atoms with Gasteiger partial charge in [0.15, 0.2) is 0 Å². The summed E-state index contributed by atoms with van der Waals surface area (Å²) >= 11 is 0. The first-order valence-electron chi connectivity index (χ1n) is 5.15. The molecule has 1 N–H and O–H groups in total. The summed E-state index contributed by atoms with van der Waals surface area (Å²) in [6, 6.07) is 0.298. The first kappa shape index (κ1) is 13.4. The van der Waals surface area contributed by atoms with Gasteiger partial charge in [-0.15, -0.1) is 0 Å². The van der Waals surface area contributed by atoms with Gasteiger partial charge in [-0.05, 0) is 20.3 Å². The van der Waals surface area contributed by atoms with Crippen molar-refractivity contribution in [1.82, 2.24) is 4.90 Å². The van der Waals surface area contributed by atoms with Crippen LogP contribution in [0.15, 0.2) is 0 Å². The summed E-state index contributed by atoms with van der Waals surface area (Å²) in [7, 11) is 0. The maximum Gasteiger partial charge on any atom is 0.317 e. The molecule has 0 fully saturated rings. The van der Waals surface area contributed by atoms with E-state index < -0.39 is 5.97 Å². The molecular weight excluding hydrogens is 182 g/mol. The van der Waals surface area contributed by atoms with E-state index in [0.29, 0.717) is 25.8 Å². The summed E-state index contributed by atoms with van der Waals surface area (Å²) in [5, 5.41) is 8.70. The Balaban J connectivity index is 3.90. The average molecular weight is 203 g/mol. The summed E-state index contributed by atoms with van der Waals surface area (Å²) in [5.41, 5.74) is 0. The molecule has 0 aliphatic heterocycles. The van der Waals surface area contributed by atoms with Gasteiger partial charge in [-0.25, -0.2) is 0 Å². The van der Waals surface area contributed by atoms with E-state index in [2.05, 4.69) is 6.92 Å². The van der Waals surface area contributed by atoms with Crippen LogP contribution in [0.2, 0.25) is 0 Å². The molecule has 1 unspecified atom stereocenters. The third-order valence-corrected chi connectivity index (χ3v) is 2.28. The van der Waals surface area contributed by atoms with E-state index in [1.807, 2.05) is 18.7 Å². The molecule has 0 saturated carbocycles. The Labute approximate surface area is 85.9 Å². The normalized spacial score (nSPS) is 13.1. The molecule has 0 rings (SSSR count). The smallest absolute Gasteiger partial charge is 0.317 e. The lowest BCUT2D eigenvalue weighted by Gasteiger charge is -2.26. The summed E-state index contributed by atoms with van der Waals surface area (Å²) in [6.07, 6.45) is 0.958. The summed E-state index contributed by atoms with van der Waals surface area (Å²) in [6.45, 7) is 8.10. The zero-order valence-electron chi connectivity index (χ0n) is 9.32. The highest BCUT2D eigenvalue weighted by Gasteiger charge is 2.14. The van der Waals surface area contributed by atoms with Gasteiger partial charge < -0.3 is 9.84 Å². The number of carboxylic acid groups (broad SMARTS) is 1. The van der Waals surface area contributed by atoms with E-state index in [9.17, 15) is 4.79 Å². The Morgan fingerprint density at radius 3 is 2.57 bits per heavy atom. The van der Waals surface area contributed by atoms with Crippen molar-refractivity contribution in [2.75, 3.05) is 26.3 Å². The molecule has 0 aliphatic rings. The number of nitrogens with zero attached hydrogens (tertiary/aromatic N) is 1. The van der Waals surface area contributed by atoms with Gasteiger partial charge in [0.25, 0.3) is 0 Å². The molecule has 14 heavy (non-hydrogen) atoms. The third kappa shape index (κ3) is 5.94. The second-order valence-electron chi connectivity index (χ2n) is 3.32. The number of ether oxygens (including phenoxy) is 1. The van der Waals surface area contributed by atoms with Crippen molar-refractivity contribution in [1.29, 1.82) is 0 Å². The molecule has 1 atom stereocenters. The number of carbonyl (C=O) groups is 1. The van der Waals surface area contributed by atoms with E-state index in [0.717, 1.165) is 6.42 Å². The molecule has 0 saturated heterocycles. The fourth-order valence-electron chi connectivity index (χ4n) is 1.21. The lowest BCUT2D eigenvalue weighted by molar-refractivity contribution is -0.139. The molecule has 0 aromatic carbocycles. The lowest BCUT2D eigenvalue weighted by Crippen LogP contribution is -2.39. The number of carboxylic acids is 1. The van der Waals surface area contributed by atoms with Crippen molar-refractivity contribution in [2.45, 2.75) is 33.2 Å². The SMILES string of the molecule is CCOCCN(CC(=O)O)C(C)CC. The predicted molar refractivity (Wildman–Crippen MR) is 55.5 cm³/mol. The molecule has 0 aliphatic carbocycles. The van der Waals surface area contributed by atoms with Crippen molar-refractivity contribution in [3.05, 3.63) is 0 Å². The zero-order valence-corrected chi connectivity index (χ0v) is 9.32. The van der Waals surface area contributed by atoms with Gasteiger partial charge in [0, 0.05) is 19.2 Å². The van der Waals surface area contributed by atoms with Crippen molar-refractivity contribution in [3.8, 4) is 0 Å². The number of hydrogen-bond acceptors (Lipinski definition) is 3. The third-order valence-electron chi connectivity index (χ3n) is 2.28. The van der Waals surface area contributed by atoms with Gasteiger partial charge in [-0.1, -0.05) is 6.92 Å². The Morgan fingerprint density at radius 2 is 2.14 bits per heavy atom. The quantitative estimate of drug-likeness (QED) is 0.602. The van der Waals surface area contributed by atoms with Crippen LogP contribution >= 0.6 is 0 Å². The summed E-state index contributed by atoms with van der Waals surface area (Å²) in [4.78, 5) is 12.5. The van der Waals surface area contributed by atoms with E-state index in [1.165, 1.54) is 0 Å². The molecule has 0 bridgehead atoms. The Kier molecular flexibility index (Phi) is 7.42. The topological polar surface area (TPSA) is 49.8 Å². The molecule has 0 amide bonds. The molecule has 0 spiro atoms. The molecule has 0 heterocycles. The maximum absolute atomic E-state index is 10.6. The van der Waals surface area contributed by atoms with Crippen molar-refractivity contribution in [2.24, 2.45) is 0 Å². The highest BCUT2D eigenvalue weighted by Crippen LogP contribution is 2.02. The largest absolute Gasteiger partial charge is 0.480 e. The molecular formula is C10H21NO3. The number of hydrogen-bond donors (Lipinski definition) is 1. The minimum atomic E-state index is -0.776. The molecule has 0 radical (unpaired) electrons. The van der Waals surface area contributed by atoms with Crippen molar-refractivity contribution < 1.29 is 14.6 Å². The van der Waals surface area contributed by atoms with Crippen LogP contribution in [-0.4, -0.2) is 48.3 Å². The molecule has 0 aromatic rings. The Morgan fingerprint density at radius 1 is 1.50 bits per heavy atom. The first-order chi connectivity index (χ1) is 6.61. The fraction of sp³-hybridized carbons (Fsp3) is 0.900. The van der Waals surface area contributed by atoms with Crippen LogP contribution in [-0.2, 0) is 9.53 Å². The van der Waals surface area contributed by atoms with Gasteiger partial charge in [-0.3, -0.25) is 9.69 Å². The van der Waals surface area contributed by atoms with Gasteiger partial charge in [0.1, 0.15) is 0 Å². The van der Waals surface area contributed by atoms with Crippen LogP contribution in [0.4, 0.5) is 0 Å². The van der Waals surface area contributed by atoms with Gasteiger partial charge in [0.05, 0.1) is 13.2 Å². The lowest BCUT2D eigenvalue weighted by atomic mass is 10.2. The fourth-order valence-corrected chi connectivity index (χ4v) is 1.21. The van der Waals surface area contributed by atoms with E-state index in [1.54, 1.807) is 0 Å². The van der Waals surface area contributed by atoms with E-state index >= 15 is 0 Å². The van der Waals surface area contributed by atoms with Gasteiger partial charge in [0.2, 0.25) is 0 Å². The summed E-state index contributed by atoms with van der Waals surface area (Å²) in [5.74, 6) is -0.776. The summed E-state index contributed by atoms with van der Waals surface area (Å²) < 4.78 is 5.21. The second kappa shape index (κ2) is 7.76. The number of rotatable bonds is 8. The molecule has 0 aromatic heterocycles. The monoisotopic (exact) mass is 203 g/mol.